The number of rotatable bonds is 8. The summed E-state index contributed by atoms with van der Waals surface area (Å²) < 4.78 is -0.547. The van der Waals surface area contributed by atoms with E-state index in [-0.39, 0.29) is 24.1 Å². The van der Waals surface area contributed by atoms with Crippen molar-refractivity contribution in [3.63, 3.8) is 0 Å². The number of carbonyl (C=O) groups is 3. The van der Waals surface area contributed by atoms with Crippen LogP contribution in [-0.2, 0) is 27.3 Å². The number of nitrogens with zero attached hydrogens (tertiary/aromatic N) is 1. The lowest BCUT2D eigenvalue weighted by Gasteiger charge is -2.34. The minimum absolute atomic E-state index is 0.260. The van der Waals surface area contributed by atoms with Crippen molar-refractivity contribution in [1.29, 1.82) is 0 Å². The van der Waals surface area contributed by atoms with Crippen LogP contribution in [0.2, 0.25) is 0 Å². The van der Waals surface area contributed by atoms with E-state index in [1.165, 1.54) is 16.7 Å². The number of hydrogen-bond donors (Lipinski definition) is 3. The van der Waals surface area contributed by atoms with Crippen LogP contribution in [-0.4, -0.2) is 56.5 Å². The molecular weight excluding hydrogens is 486 g/mol. The molecule has 0 spiro atoms. The van der Waals surface area contributed by atoms with E-state index in [1.807, 2.05) is 75.4 Å². The molecule has 2 aromatic rings. The quantitative estimate of drug-likeness (QED) is 0.491. The first kappa shape index (κ1) is 28.7. The van der Waals surface area contributed by atoms with Gasteiger partial charge in [-0.25, -0.2) is 0 Å². The average molecular weight is 526 g/mol. The fourth-order valence-corrected chi connectivity index (χ4v) is 5.48. The Hall–Kier alpha value is -2.84. The molecule has 3 unspecified atom stereocenters. The van der Waals surface area contributed by atoms with Gasteiger partial charge in [0.1, 0.15) is 6.04 Å². The standard InChI is InChI=1S/C29H39N3O4S/c1-19-12-10-11-15-21(19)17-30-25(34)24-29(5,6)37-18-32(24)26(35)23(33)22(31-27(36)28(2,3)4)16-20-13-8-7-9-14-20/h7-15,22-24,33H,16-18H2,1-6H3,(H,30,34)(H,31,36). The van der Waals surface area contributed by atoms with Gasteiger partial charge >= 0.3 is 0 Å². The fraction of sp³-hybridized carbons (Fsp3) is 0.483. The van der Waals surface area contributed by atoms with Gasteiger partial charge in [0.2, 0.25) is 11.8 Å². The van der Waals surface area contributed by atoms with E-state index in [2.05, 4.69) is 10.6 Å². The molecule has 3 amide bonds. The minimum atomic E-state index is -1.51. The molecule has 2 aromatic carbocycles. The summed E-state index contributed by atoms with van der Waals surface area (Å²) in [5, 5.41) is 17.1. The van der Waals surface area contributed by atoms with Crippen LogP contribution in [0, 0.1) is 12.3 Å². The van der Waals surface area contributed by atoms with Crippen LogP contribution in [0.1, 0.15) is 51.3 Å². The van der Waals surface area contributed by atoms with E-state index in [1.54, 1.807) is 20.8 Å². The number of aliphatic hydroxyl groups excluding tert-OH is 1. The largest absolute Gasteiger partial charge is 0.381 e. The molecule has 3 rings (SSSR count). The Bertz CT molecular complexity index is 1110. The van der Waals surface area contributed by atoms with E-state index < -0.39 is 34.3 Å². The summed E-state index contributed by atoms with van der Waals surface area (Å²) in [6.07, 6.45) is -1.22. The highest BCUT2D eigenvalue weighted by Crippen LogP contribution is 2.40. The van der Waals surface area contributed by atoms with Gasteiger partial charge in [0, 0.05) is 16.7 Å². The molecule has 0 bridgehead atoms. The first-order valence-corrected chi connectivity index (χ1v) is 13.6. The third kappa shape index (κ3) is 7.14. The highest BCUT2D eigenvalue weighted by Gasteiger charge is 2.49. The Kier molecular flexibility index (Phi) is 9.08. The number of thioether (sulfide) groups is 1. The van der Waals surface area contributed by atoms with Gasteiger partial charge in [0.05, 0.1) is 11.9 Å². The highest BCUT2D eigenvalue weighted by atomic mass is 32.2. The van der Waals surface area contributed by atoms with E-state index in [4.69, 9.17) is 0 Å². The van der Waals surface area contributed by atoms with Crippen LogP contribution in [0.5, 0.6) is 0 Å². The summed E-state index contributed by atoms with van der Waals surface area (Å²) >= 11 is 1.49. The van der Waals surface area contributed by atoms with Crippen LogP contribution in [0.15, 0.2) is 54.6 Å². The lowest BCUT2D eigenvalue weighted by molar-refractivity contribution is -0.148. The van der Waals surface area contributed by atoms with E-state index in [9.17, 15) is 19.5 Å². The third-order valence-electron chi connectivity index (χ3n) is 6.72. The van der Waals surface area contributed by atoms with Gasteiger partial charge in [-0.1, -0.05) is 75.4 Å². The molecule has 7 nitrogen and oxygen atoms in total. The fourth-order valence-electron chi connectivity index (χ4n) is 4.34. The Labute approximate surface area is 224 Å². The normalized spacial score (nSPS) is 18.7. The molecule has 1 aliphatic rings. The van der Waals surface area contributed by atoms with Gasteiger partial charge in [0.25, 0.3) is 5.91 Å². The number of aliphatic hydroxyl groups is 1. The molecule has 37 heavy (non-hydrogen) atoms. The maximum absolute atomic E-state index is 13.7. The summed E-state index contributed by atoms with van der Waals surface area (Å²) in [5.74, 6) is -0.818. The first-order valence-electron chi connectivity index (χ1n) is 12.6. The van der Waals surface area contributed by atoms with Crippen molar-refractivity contribution in [2.45, 2.75) is 77.4 Å². The second kappa shape index (κ2) is 11.7. The molecule has 3 N–H and O–H groups in total. The van der Waals surface area contributed by atoms with Crippen LogP contribution >= 0.6 is 11.8 Å². The maximum Gasteiger partial charge on any atom is 0.254 e. The summed E-state index contributed by atoms with van der Waals surface area (Å²) in [7, 11) is 0. The summed E-state index contributed by atoms with van der Waals surface area (Å²) in [4.78, 5) is 41.3. The Morgan fingerprint density at radius 2 is 1.70 bits per heavy atom. The van der Waals surface area contributed by atoms with E-state index in [0.717, 1.165) is 16.7 Å². The number of aryl methyl sites for hydroxylation is 1. The Morgan fingerprint density at radius 1 is 1.08 bits per heavy atom. The molecule has 3 atom stereocenters. The van der Waals surface area contributed by atoms with Gasteiger partial charge in [-0.15, -0.1) is 11.8 Å². The zero-order valence-electron chi connectivity index (χ0n) is 22.6. The third-order valence-corrected chi connectivity index (χ3v) is 8.10. The number of benzene rings is 2. The summed E-state index contributed by atoms with van der Waals surface area (Å²) in [6, 6.07) is 15.6. The second-order valence-corrected chi connectivity index (χ2v) is 12.8. The number of nitrogens with one attached hydrogen (secondary N) is 2. The van der Waals surface area contributed by atoms with Crippen molar-refractivity contribution in [3.05, 3.63) is 71.3 Å². The van der Waals surface area contributed by atoms with Crippen LogP contribution in [0.25, 0.3) is 0 Å². The molecule has 0 aromatic heterocycles. The van der Waals surface area contributed by atoms with Gasteiger partial charge in [-0.05, 0) is 43.9 Å². The minimum Gasteiger partial charge on any atom is -0.381 e. The topological polar surface area (TPSA) is 98.7 Å². The van der Waals surface area contributed by atoms with E-state index >= 15 is 0 Å². The predicted octanol–water partition coefficient (Wildman–Crippen LogP) is 3.43. The van der Waals surface area contributed by atoms with Crippen molar-refractivity contribution in [2.75, 3.05) is 5.88 Å². The molecule has 1 heterocycles. The Balaban J connectivity index is 1.80. The molecule has 200 valence electrons. The maximum atomic E-state index is 13.7. The van der Waals surface area contributed by atoms with Crippen LogP contribution in [0.4, 0.5) is 0 Å². The van der Waals surface area contributed by atoms with Gasteiger partial charge in [-0.2, -0.15) is 0 Å². The lowest BCUT2D eigenvalue weighted by atomic mass is 9.93. The zero-order chi connectivity index (χ0) is 27.4. The molecule has 0 aliphatic carbocycles. The monoisotopic (exact) mass is 525 g/mol. The SMILES string of the molecule is Cc1ccccc1CNC(=O)C1N(C(=O)C(O)C(Cc2ccccc2)NC(=O)C(C)(C)C)CSC1(C)C. The smallest absolute Gasteiger partial charge is 0.254 e. The van der Waals surface area contributed by atoms with Gasteiger partial charge in [-0.3, -0.25) is 14.4 Å². The van der Waals surface area contributed by atoms with Gasteiger partial charge < -0.3 is 20.6 Å². The van der Waals surface area contributed by atoms with Crippen molar-refractivity contribution < 1.29 is 19.5 Å². The van der Waals surface area contributed by atoms with Crippen molar-refractivity contribution in [2.24, 2.45) is 5.41 Å². The number of hydrogen-bond acceptors (Lipinski definition) is 5. The lowest BCUT2D eigenvalue weighted by Crippen LogP contribution is -2.59. The highest BCUT2D eigenvalue weighted by molar-refractivity contribution is 8.00. The number of amides is 3. The van der Waals surface area contributed by atoms with Crippen molar-refractivity contribution in [3.8, 4) is 0 Å². The van der Waals surface area contributed by atoms with E-state index in [0.29, 0.717) is 6.54 Å². The Morgan fingerprint density at radius 3 is 2.32 bits per heavy atom. The van der Waals surface area contributed by atoms with Crippen LogP contribution < -0.4 is 10.6 Å². The molecule has 1 fully saturated rings. The molecule has 1 aliphatic heterocycles. The average Bonchev–Trinajstić information content (AvgIpc) is 3.16. The molecular formula is C29H39N3O4S. The van der Waals surface area contributed by atoms with Crippen LogP contribution in [0.3, 0.4) is 0 Å². The van der Waals surface area contributed by atoms with Crippen molar-refractivity contribution >= 4 is 29.5 Å². The zero-order valence-corrected chi connectivity index (χ0v) is 23.4. The summed E-state index contributed by atoms with van der Waals surface area (Å²) in [6.45, 7) is 11.5. The van der Waals surface area contributed by atoms with Crippen molar-refractivity contribution in [1.82, 2.24) is 15.5 Å². The number of carbonyl (C=O) groups excluding carboxylic acids is 3. The predicted molar refractivity (Wildman–Crippen MR) is 148 cm³/mol. The van der Waals surface area contributed by atoms with Gasteiger partial charge in [0.15, 0.2) is 6.10 Å². The molecule has 8 heteroatoms. The molecule has 1 saturated heterocycles. The summed E-state index contributed by atoms with van der Waals surface area (Å²) in [5.41, 5.74) is 2.27. The molecule has 0 saturated carbocycles. The molecule has 0 radical (unpaired) electrons. The first-order chi connectivity index (χ1) is 17.3. The second-order valence-electron chi connectivity index (χ2n) is 11.2.